The van der Waals surface area contributed by atoms with Crippen LogP contribution in [0.4, 0.5) is 27.6 Å². The van der Waals surface area contributed by atoms with E-state index in [0.29, 0.717) is 16.8 Å². The number of hydrogen-bond donors (Lipinski definition) is 2. The third-order valence-corrected chi connectivity index (χ3v) is 5.65. The molecule has 36 heavy (non-hydrogen) atoms. The number of fused-ring (bicyclic) bond motifs is 1. The van der Waals surface area contributed by atoms with Crippen molar-refractivity contribution < 1.29 is 22.0 Å². The number of allylic oxidation sites excluding steroid dienone is 3. The molecule has 4 nitrogen and oxygen atoms in total. The van der Waals surface area contributed by atoms with Gasteiger partial charge in [0.25, 0.3) is 0 Å². The van der Waals surface area contributed by atoms with Gasteiger partial charge < -0.3 is 15.5 Å². The Bertz CT molecular complexity index is 1330. The molecule has 0 bridgehead atoms. The molecule has 0 aromatic heterocycles. The molecule has 0 spiro atoms. The number of nitrogens with zero attached hydrogens (tertiary/aromatic N) is 2. The highest BCUT2D eigenvalue weighted by Crippen LogP contribution is 2.45. The molecule has 3 aromatic carbocycles. The van der Waals surface area contributed by atoms with Crippen LogP contribution in [0, 0.1) is 17.0 Å². The van der Waals surface area contributed by atoms with Crippen molar-refractivity contribution in [1.82, 2.24) is 4.90 Å². The molecule has 2 heterocycles. The molecule has 0 aliphatic carbocycles. The van der Waals surface area contributed by atoms with Gasteiger partial charge in [-0.2, -0.15) is 13.2 Å². The second-order valence-corrected chi connectivity index (χ2v) is 7.90. The van der Waals surface area contributed by atoms with Crippen molar-refractivity contribution in [3.8, 4) is 0 Å². The first-order valence-electron chi connectivity index (χ1n) is 10.8. The first-order valence-corrected chi connectivity index (χ1v) is 10.8. The van der Waals surface area contributed by atoms with Gasteiger partial charge in [-0.25, -0.2) is 8.78 Å². The van der Waals surface area contributed by atoms with E-state index in [1.165, 1.54) is 36.4 Å². The fourth-order valence-corrected chi connectivity index (χ4v) is 4.12. The van der Waals surface area contributed by atoms with Crippen LogP contribution in [0.1, 0.15) is 22.9 Å². The summed E-state index contributed by atoms with van der Waals surface area (Å²) in [5, 5.41) is 5.86. The molecule has 0 fully saturated rings. The maximum atomic E-state index is 14.1. The molecular formula is C27H21F5N4. The van der Waals surface area contributed by atoms with Crippen molar-refractivity contribution in [1.29, 1.82) is 5.41 Å². The van der Waals surface area contributed by atoms with Crippen LogP contribution in [0.2, 0.25) is 0 Å². The molecule has 0 saturated carbocycles. The number of hydrogen-bond acceptors (Lipinski definition) is 3. The van der Waals surface area contributed by atoms with E-state index < -0.39 is 17.9 Å². The molecule has 0 radical (unpaired) electrons. The molecule has 3 N–H and O–H groups in total. The molecule has 5 rings (SSSR count). The van der Waals surface area contributed by atoms with Crippen molar-refractivity contribution in [2.24, 2.45) is 5.73 Å². The molecule has 9 heteroatoms. The summed E-state index contributed by atoms with van der Waals surface area (Å²) in [5.74, 6) is -0.768. The summed E-state index contributed by atoms with van der Waals surface area (Å²) in [6.07, 6.45) is 3.16. The van der Waals surface area contributed by atoms with E-state index >= 15 is 0 Å². The Morgan fingerprint density at radius 1 is 0.861 bits per heavy atom. The lowest BCUT2D eigenvalue weighted by molar-refractivity contribution is -0.137. The quantitative estimate of drug-likeness (QED) is 0.238. The maximum absolute atomic E-state index is 14.1. The molecule has 1 atom stereocenters. The monoisotopic (exact) mass is 496 g/mol. The van der Waals surface area contributed by atoms with E-state index in [2.05, 4.69) is 5.73 Å². The van der Waals surface area contributed by atoms with Crippen molar-refractivity contribution in [2.45, 2.75) is 12.3 Å². The minimum absolute atomic E-state index is 0.379. The summed E-state index contributed by atoms with van der Waals surface area (Å²) in [6, 6.07) is 17.1. The van der Waals surface area contributed by atoms with Gasteiger partial charge >= 0.3 is 6.18 Å². The zero-order valence-corrected chi connectivity index (χ0v) is 18.8. The van der Waals surface area contributed by atoms with Gasteiger partial charge in [0.05, 0.1) is 17.6 Å². The number of nitrogens with one attached hydrogen (secondary N) is 1. The molecule has 2 aliphatic heterocycles. The summed E-state index contributed by atoms with van der Waals surface area (Å²) in [5.41, 5.74) is 7.09. The Labute approximate surface area is 204 Å². The number of rotatable bonds is 3. The van der Waals surface area contributed by atoms with E-state index in [0.717, 1.165) is 29.7 Å². The number of benzene rings is 3. The van der Waals surface area contributed by atoms with E-state index in [9.17, 15) is 22.0 Å². The highest BCUT2D eigenvalue weighted by atomic mass is 19.4. The Morgan fingerprint density at radius 2 is 1.53 bits per heavy atom. The van der Waals surface area contributed by atoms with Crippen molar-refractivity contribution in [3.05, 3.63) is 131 Å². The SMILES string of the molecule is Fc1ccc(N2C=C3C(c4ccc(C(F)(F)F)cc4)=CC=CN3C2c2cccc(F)c2)cc1.N=CN. The van der Waals surface area contributed by atoms with Gasteiger partial charge in [-0.1, -0.05) is 30.3 Å². The second kappa shape index (κ2) is 10.1. The average molecular weight is 496 g/mol. The van der Waals surface area contributed by atoms with E-state index in [4.69, 9.17) is 5.41 Å². The van der Waals surface area contributed by atoms with E-state index in [-0.39, 0.29) is 11.6 Å². The fourth-order valence-electron chi connectivity index (χ4n) is 4.12. The predicted molar refractivity (Wildman–Crippen MR) is 129 cm³/mol. The third kappa shape index (κ3) is 5.00. The van der Waals surface area contributed by atoms with Crippen molar-refractivity contribution in [2.75, 3.05) is 4.90 Å². The van der Waals surface area contributed by atoms with E-state index in [1.54, 1.807) is 30.3 Å². The molecule has 0 amide bonds. The van der Waals surface area contributed by atoms with Crippen LogP contribution in [0.5, 0.6) is 0 Å². The van der Waals surface area contributed by atoms with E-state index in [1.807, 2.05) is 28.3 Å². The first-order chi connectivity index (χ1) is 17.2. The molecular weight excluding hydrogens is 475 g/mol. The Kier molecular flexibility index (Phi) is 6.91. The standard InChI is InChI=1S/C26H17F5N2.CH4N2/c27-20-10-12-22(13-11-20)33-16-24-23(17-6-8-19(9-7-17)26(29,30)31)5-2-14-32(24)25(33)18-3-1-4-21(28)15-18;2-1-3/h1-16,25H;1H,(H3,2,3). The van der Waals surface area contributed by atoms with Crippen LogP contribution in [0.25, 0.3) is 5.57 Å². The average Bonchev–Trinajstić information content (AvgIpc) is 3.24. The van der Waals surface area contributed by atoms with Gasteiger partial charge in [-0.3, -0.25) is 5.41 Å². The summed E-state index contributed by atoms with van der Waals surface area (Å²) < 4.78 is 66.6. The lowest BCUT2D eigenvalue weighted by Gasteiger charge is -2.34. The number of anilines is 1. The van der Waals surface area contributed by atoms with Gasteiger partial charge in [-0.15, -0.1) is 0 Å². The topological polar surface area (TPSA) is 56.4 Å². The van der Waals surface area contributed by atoms with Gasteiger partial charge in [0.1, 0.15) is 17.8 Å². The minimum atomic E-state index is -4.42. The maximum Gasteiger partial charge on any atom is 0.416 e. The smallest absolute Gasteiger partial charge is 0.390 e. The Balaban J connectivity index is 0.000000967. The van der Waals surface area contributed by atoms with Crippen LogP contribution >= 0.6 is 0 Å². The highest BCUT2D eigenvalue weighted by molar-refractivity contribution is 5.83. The van der Waals surface area contributed by atoms with Crippen molar-refractivity contribution in [3.63, 3.8) is 0 Å². The van der Waals surface area contributed by atoms with Gasteiger partial charge in [0, 0.05) is 23.7 Å². The fraction of sp³-hybridized carbons (Fsp3) is 0.0741. The first kappa shape index (κ1) is 24.7. The zero-order valence-electron chi connectivity index (χ0n) is 18.8. The largest absolute Gasteiger partial charge is 0.416 e. The molecule has 1 unspecified atom stereocenters. The van der Waals surface area contributed by atoms with Crippen LogP contribution in [-0.4, -0.2) is 11.2 Å². The summed E-state index contributed by atoms with van der Waals surface area (Å²) >= 11 is 0. The zero-order chi connectivity index (χ0) is 25.9. The summed E-state index contributed by atoms with van der Waals surface area (Å²) in [6.45, 7) is 0. The normalized spacial score (nSPS) is 16.5. The lowest BCUT2D eigenvalue weighted by Crippen LogP contribution is -2.29. The third-order valence-electron chi connectivity index (χ3n) is 5.65. The highest BCUT2D eigenvalue weighted by Gasteiger charge is 2.36. The summed E-state index contributed by atoms with van der Waals surface area (Å²) in [4.78, 5) is 3.81. The van der Waals surface area contributed by atoms with Gasteiger partial charge in [-0.05, 0) is 65.7 Å². The molecule has 184 valence electrons. The predicted octanol–water partition coefficient (Wildman–Crippen LogP) is 6.81. The number of halogens is 5. The lowest BCUT2D eigenvalue weighted by atomic mass is 9.98. The van der Waals surface area contributed by atoms with Crippen LogP contribution in [0.3, 0.4) is 0 Å². The minimum Gasteiger partial charge on any atom is -0.390 e. The number of nitrogens with two attached hydrogens (primary N) is 1. The Hall–Kier alpha value is -4.40. The Morgan fingerprint density at radius 3 is 2.14 bits per heavy atom. The molecule has 2 aliphatic rings. The molecule has 0 saturated heterocycles. The van der Waals surface area contributed by atoms with Gasteiger partial charge in [0.15, 0.2) is 0 Å². The van der Waals surface area contributed by atoms with Crippen LogP contribution < -0.4 is 10.6 Å². The van der Waals surface area contributed by atoms with Crippen LogP contribution in [-0.2, 0) is 6.18 Å². The summed E-state index contributed by atoms with van der Waals surface area (Å²) in [7, 11) is 0. The molecule has 3 aromatic rings. The van der Waals surface area contributed by atoms with Crippen LogP contribution in [0.15, 0.2) is 103 Å². The van der Waals surface area contributed by atoms with Crippen molar-refractivity contribution >= 4 is 17.6 Å². The second-order valence-electron chi connectivity index (χ2n) is 7.90. The number of alkyl halides is 3. The van der Waals surface area contributed by atoms with Gasteiger partial charge in [0.2, 0.25) is 0 Å².